The summed E-state index contributed by atoms with van der Waals surface area (Å²) >= 11 is 5.83. The van der Waals surface area contributed by atoms with Crippen molar-refractivity contribution in [1.29, 1.82) is 0 Å². The van der Waals surface area contributed by atoms with Gasteiger partial charge in [0.2, 0.25) is 0 Å². The van der Waals surface area contributed by atoms with Gasteiger partial charge in [-0.15, -0.1) is 0 Å². The highest BCUT2D eigenvalue weighted by Gasteiger charge is 2.55. The Morgan fingerprint density at radius 3 is 2.65 bits per heavy atom. The average molecular weight is 371 g/mol. The smallest absolute Gasteiger partial charge is 0.325 e. The molecule has 7 heteroatoms. The van der Waals surface area contributed by atoms with E-state index in [0.29, 0.717) is 34.9 Å². The fourth-order valence-corrected chi connectivity index (χ4v) is 3.51. The maximum Gasteiger partial charge on any atom is 0.325 e. The summed E-state index contributed by atoms with van der Waals surface area (Å²) in [5.74, 6) is -0.193. The Bertz CT molecular complexity index is 912. The molecule has 0 saturated carbocycles. The van der Waals surface area contributed by atoms with Gasteiger partial charge in [0, 0.05) is 22.6 Å². The zero-order valence-electron chi connectivity index (χ0n) is 13.7. The molecule has 3 amide bonds. The fraction of sp³-hybridized carbons (Fsp3) is 0.211. The molecule has 132 valence electrons. The molecule has 1 saturated heterocycles. The number of nitrogens with one attached hydrogen (secondary N) is 1. The SMILES string of the molecule is O=C(CN1C(=O)N[C@@]2(CCOc3ccccc32)C1=O)c1ccc(Cl)cc1. The van der Waals surface area contributed by atoms with E-state index in [9.17, 15) is 14.4 Å². The normalized spacial score (nSPS) is 21.3. The maximum absolute atomic E-state index is 13.1. The summed E-state index contributed by atoms with van der Waals surface area (Å²) < 4.78 is 5.59. The molecule has 1 N–H and O–H groups in total. The van der Waals surface area contributed by atoms with Crippen LogP contribution in [0.3, 0.4) is 0 Å². The van der Waals surface area contributed by atoms with Gasteiger partial charge in [0.15, 0.2) is 11.3 Å². The number of ketones is 1. The maximum atomic E-state index is 13.1. The molecule has 4 rings (SSSR count). The topological polar surface area (TPSA) is 75.7 Å². The number of carbonyl (C=O) groups is 3. The lowest BCUT2D eigenvalue weighted by molar-refractivity contribution is -0.132. The van der Waals surface area contributed by atoms with E-state index < -0.39 is 17.5 Å². The minimum atomic E-state index is -1.17. The van der Waals surface area contributed by atoms with Gasteiger partial charge >= 0.3 is 6.03 Å². The lowest BCUT2D eigenvalue weighted by Crippen LogP contribution is -2.47. The molecule has 0 unspecified atom stereocenters. The highest BCUT2D eigenvalue weighted by molar-refractivity contribution is 6.30. The van der Waals surface area contributed by atoms with Crippen molar-refractivity contribution in [2.45, 2.75) is 12.0 Å². The fourth-order valence-electron chi connectivity index (χ4n) is 3.39. The second-order valence-electron chi connectivity index (χ2n) is 6.25. The number of imide groups is 1. The Kier molecular flexibility index (Phi) is 3.92. The molecule has 0 aromatic heterocycles. The number of para-hydroxylation sites is 1. The van der Waals surface area contributed by atoms with Crippen LogP contribution in [-0.2, 0) is 10.3 Å². The van der Waals surface area contributed by atoms with Crippen LogP contribution in [0.5, 0.6) is 5.75 Å². The van der Waals surface area contributed by atoms with Crippen molar-refractivity contribution < 1.29 is 19.1 Å². The molecular formula is C19H15ClN2O4. The number of hydrogen-bond acceptors (Lipinski definition) is 4. The van der Waals surface area contributed by atoms with Crippen LogP contribution in [0.2, 0.25) is 5.02 Å². The van der Waals surface area contributed by atoms with Crippen molar-refractivity contribution in [3.63, 3.8) is 0 Å². The van der Waals surface area contributed by atoms with E-state index in [4.69, 9.17) is 16.3 Å². The van der Waals surface area contributed by atoms with Crippen molar-refractivity contribution in [3.05, 3.63) is 64.7 Å². The van der Waals surface area contributed by atoms with Crippen LogP contribution >= 0.6 is 11.6 Å². The predicted molar refractivity (Wildman–Crippen MR) is 94.3 cm³/mol. The van der Waals surface area contributed by atoms with Crippen molar-refractivity contribution in [2.24, 2.45) is 0 Å². The van der Waals surface area contributed by atoms with E-state index in [1.165, 1.54) is 0 Å². The van der Waals surface area contributed by atoms with E-state index in [0.717, 1.165) is 4.90 Å². The molecule has 2 aliphatic rings. The Morgan fingerprint density at radius 1 is 1.15 bits per heavy atom. The second kappa shape index (κ2) is 6.14. The lowest BCUT2D eigenvalue weighted by Gasteiger charge is -2.33. The Balaban J connectivity index is 1.63. The third-order valence-electron chi connectivity index (χ3n) is 4.73. The van der Waals surface area contributed by atoms with Gasteiger partial charge in [-0.1, -0.05) is 29.8 Å². The largest absolute Gasteiger partial charge is 0.493 e. The summed E-state index contributed by atoms with van der Waals surface area (Å²) in [6.07, 6.45) is 0.320. The summed E-state index contributed by atoms with van der Waals surface area (Å²) in [5.41, 5.74) is -0.166. The highest BCUT2D eigenvalue weighted by Crippen LogP contribution is 2.40. The van der Waals surface area contributed by atoms with Gasteiger partial charge in [-0.05, 0) is 30.3 Å². The first kappa shape index (κ1) is 16.6. The predicted octanol–water partition coefficient (Wildman–Crippen LogP) is 2.75. The number of fused-ring (bicyclic) bond motifs is 2. The number of urea groups is 1. The molecule has 26 heavy (non-hydrogen) atoms. The molecule has 2 heterocycles. The van der Waals surface area contributed by atoms with Crippen molar-refractivity contribution >= 4 is 29.3 Å². The number of ether oxygens (including phenoxy) is 1. The van der Waals surface area contributed by atoms with Crippen molar-refractivity contribution in [2.75, 3.05) is 13.2 Å². The van der Waals surface area contributed by atoms with E-state index in [1.807, 2.05) is 0 Å². The van der Waals surface area contributed by atoms with Crippen LogP contribution < -0.4 is 10.1 Å². The third kappa shape index (κ3) is 2.54. The number of benzene rings is 2. The molecule has 1 atom stereocenters. The van der Waals surface area contributed by atoms with Crippen LogP contribution in [0.25, 0.3) is 0 Å². The minimum Gasteiger partial charge on any atom is -0.493 e. The molecule has 0 radical (unpaired) electrons. The van der Waals surface area contributed by atoms with E-state index >= 15 is 0 Å². The van der Waals surface area contributed by atoms with Crippen LogP contribution in [0.15, 0.2) is 48.5 Å². The van der Waals surface area contributed by atoms with Gasteiger partial charge in [-0.25, -0.2) is 4.79 Å². The van der Waals surface area contributed by atoms with Gasteiger partial charge in [-0.2, -0.15) is 0 Å². The summed E-state index contributed by atoms with van der Waals surface area (Å²) in [5, 5.41) is 3.28. The molecule has 0 aliphatic carbocycles. The van der Waals surface area contributed by atoms with Gasteiger partial charge in [0.25, 0.3) is 5.91 Å². The van der Waals surface area contributed by atoms with Crippen LogP contribution in [0.4, 0.5) is 4.79 Å². The van der Waals surface area contributed by atoms with Gasteiger partial charge in [0.1, 0.15) is 5.75 Å². The Hall–Kier alpha value is -2.86. The molecule has 2 aromatic rings. The monoisotopic (exact) mass is 370 g/mol. The minimum absolute atomic E-state index is 0.308. The molecule has 1 spiro atoms. The second-order valence-corrected chi connectivity index (χ2v) is 6.69. The van der Waals surface area contributed by atoms with E-state index in [-0.39, 0.29) is 12.3 Å². The summed E-state index contributed by atoms with van der Waals surface area (Å²) in [6, 6.07) is 12.9. The van der Waals surface area contributed by atoms with E-state index in [2.05, 4.69) is 5.32 Å². The first-order valence-electron chi connectivity index (χ1n) is 8.16. The van der Waals surface area contributed by atoms with Crippen molar-refractivity contribution in [3.8, 4) is 5.75 Å². The number of amides is 3. The summed E-state index contributed by atoms with van der Waals surface area (Å²) in [4.78, 5) is 39.0. The van der Waals surface area contributed by atoms with Gasteiger partial charge in [-0.3, -0.25) is 14.5 Å². The number of Topliss-reactive ketones (excluding diaryl/α,β-unsaturated/α-hetero) is 1. The van der Waals surface area contributed by atoms with Crippen LogP contribution in [0, 0.1) is 0 Å². The number of nitrogens with zero attached hydrogens (tertiary/aromatic N) is 1. The first-order valence-corrected chi connectivity index (χ1v) is 8.54. The Morgan fingerprint density at radius 2 is 1.88 bits per heavy atom. The molecule has 6 nitrogen and oxygen atoms in total. The van der Waals surface area contributed by atoms with Gasteiger partial charge < -0.3 is 10.1 Å². The third-order valence-corrected chi connectivity index (χ3v) is 4.98. The lowest BCUT2D eigenvalue weighted by atomic mass is 9.84. The number of carbonyl (C=O) groups excluding carboxylic acids is 3. The van der Waals surface area contributed by atoms with Crippen LogP contribution in [0.1, 0.15) is 22.3 Å². The summed E-state index contributed by atoms with van der Waals surface area (Å²) in [6.45, 7) is -0.0148. The molecule has 2 aliphatic heterocycles. The van der Waals surface area contributed by atoms with Crippen LogP contribution in [-0.4, -0.2) is 35.8 Å². The highest BCUT2D eigenvalue weighted by atomic mass is 35.5. The molecule has 0 bridgehead atoms. The Labute approximate surface area is 154 Å². The number of rotatable bonds is 3. The van der Waals surface area contributed by atoms with E-state index in [1.54, 1.807) is 48.5 Å². The molecule has 2 aromatic carbocycles. The first-order chi connectivity index (χ1) is 12.5. The average Bonchev–Trinajstić information content (AvgIpc) is 2.87. The van der Waals surface area contributed by atoms with Crippen molar-refractivity contribution in [1.82, 2.24) is 10.2 Å². The number of hydrogen-bond donors (Lipinski definition) is 1. The molecular weight excluding hydrogens is 356 g/mol. The summed E-state index contributed by atoms with van der Waals surface area (Å²) in [7, 11) is 0. The quantitative estimate of drug-likeness (QED) is 0.666. The standard InChI is InChI=1S/C19H15ClN2O4/c20-13-7-5-12(6-8-13)15(23)11-22-17(24)19(21-18(22)25)9-10-26-16-4-2-1-3-14(16)19/h1-8H,9-11H2,(H,21,25)/t19-/m1/s1. The zero-order chi connectivity index (χ0) is 18.3. The number of halogens is 1. The molecule has 1 fully saturated rings. The zero-order valence-corrected chi connectivity index (χ0v) is 14.5. The van der Waals surface area contributed by atoms with Gasteiger partial charge in [0.05, 0.1) is 13.2 Å².